The number of alkyl carbamates (subject to hydrolysis) is 1. The fraction of sp³-hybridized carbons (Fsp3) is 0.800. The maximum absolute atomic E-state index is 12.1. The molecule has 0 bridgehead atoms. The molecule has 1 saturated carbocycles. The van der Waals surface area contributed by atoms with E-state index < -0.39 is 11.2 Å². The number of rotatable bonds is 5. The Balaban J connectivity index is 2.09. The molecule has 0 unspecified atom stereocenters. The van der Waals surface area contributed by atoms with Gasteiger partial charge in [-0.1, -0.05) is 11.6 Å². The Bertz CT molecular complexity index is 573. The van der Waals surface area contributed by atoms with Gasteiger partial charge in [0.1, 0.15) is 11.2 Å². The standard InChI is InChI=1S/C20H33NO4/c1-13-8-15-10-20(16(15)9-13,11-19(6,7)24-14(2)22)12-21-17(23)25-18(3,4)5/h9,15-16H,8,10-12H2,1-7H3,(H,21,23)/t15-,16-,20-/m1/s1. The van der Waals surface area contributed by atoms with Crippen LogP contribution < -0.4 is 5.32 Å². The minimum atomic E-state index is -0.559. The minimum Gasteiger partial charge on any atom is -0.460 e. The van der Waals surface area contributed by atoms with Gasteiger partial charge in [-0.25, -0.2) is 4.79 Å². The van der Waals surface area contributed by atoms with E-state index in [-0.39, 0.29) is 17.5 Å². The van der Waals surface area contributed by atoms with Crippen LogP contribution in [-0.2, 0) is 14.3 Å². The molecule has 1 N–H and O–H groups in total. The maximum Gasteiger partial charge on any atom is 0.407 e. The molecular weight excluding hydrogens is 318 g/mol. The smallest absolute Gasteiger partial charge is 0.407 e. The third-order valence-corrected chi connectivity index (χ3v) is 5.11. The molecule has 0 saturated heterocycles. The second-order valence-corrected chi connectivity index (χ2v) is 9.46. The van der Waals surface area contributed by atoms with Crippen LogP contribution in [0.25, 0.3) is 0 Å². The molecule has 0 aromatic heterocycles. The van der Waals surface area contributed by atoms with Crippen molar-refractivity contribution in [2.45, 2.75) is 78.9 Å². The first-order valence-electron chi connectivity index (χ1n) is 9.16. The molecule has 0 heterocycles. The van der Waals surface area contributed by atoms with Gasteiger partial charge in [0.25, 0.3) is 0 Å². The lowest BCUT2D eigenvalue weighted by Crippen LogP contribution is -2.55. The Labute approximate surface area is 151 Å². The van der Waals surface area contributed by atoms with Crippen LogP contribution in [0.15, 0.2) is 11.6 Å². The number of carbonyl (C=O) groups is 2. The van der Waals surface area contributed by atoms with E-state index in [1.54, 1.807) is 0 Å². The summed E-state index contributed by atoms with van der Waals surface area (Å²) in [7, 11) is 0. The minimum absolute atomic E-state index is 0.0850. The molecule has 1 fully saturated rings. The lowest BCUT2D eigenvalue weighted by molar-refractivity contribution is -0.161. The first kappa shape index (κ1) is 19.8. The van der Waals surface area contributed by atoms with Gasteiger partial charge >= 0.3 is 12.1 Å². The first-order valence-corrected chi connectivity index (χ1v) is 9.16. The lowest BCUT2D eigenvalue weighted by Gasteiger charge is -2.55. The Kier molecular flexibility index (Phi) is 5.27. The molecule has 5 nitrogen and oxygen atoms in total. The van der Waals surface area contributed by atoms with Crippen LogP contribution in [0.2, 0.25) is 0 Å². The summed E-state index contributed by atoms with van der Waals surface area (Å²) in [5.74, 6) is 0.806. The van der Waals surface area contributed by atoms with Gasteiger partial charge in [0.15, 0.2) is 0 Å². The summed E-state index contributed by atoms with van der Waals surface area (Å²) in [6.45, 7) is 13.6. The van der Waals surface area contributed by atoms with Crippen molar-refractivity contribution in [3.63, 3.8) is 0 Å². The Morgan fingerprint density at radius 3 is 2.40 bits per heavy atom. The molecule has 0 aliphatic heterocycles. The van der Waals surface area contributed by atoms with Gasteiger partial charge in [-0.05, 0) is 78.1 Å². The SMILES string of the molecule is CC(=O)OC(C)(C)C[C@@]1(CNC(=O)OC(C)(C)C)C[C@H]2CC(C)=C[C@H]21. The van der Waals surface area contributed by atoms with Crippen LogP contribution in [0, 0.1) is 17.3 Å². The molecule has 0 radical (unpaired) electrons. The number of hydrogen-bond donors (Lipinski definition) is 1. The third kappa shape index (κ3) is 4.99. The van der Waals surface area contributed by atoms with E-state index >= 15 is 0 Å². The largest absolute Gasteiger partial charge is 0.460 e. The van der Waals surface area contributed by atoms with Crippen LogP contribution in [-0.4, -0.2) is 29.8 Å². The summed E-state index contributed by atoms with van der Waals surface area (Å²) in [5.41, 5.74) is 0.259. The summed E-state index contributed by atoms with van der Waals surface area (Å²) in [6, 6.07) is 0. The topological polar surface area (TPSA) is 64.6 Å². The summed E-state index contributed by atoms with van der Waals surface area (Å²) in [5, 5.41) is 2.95. The fourth-order valence-corrected chi connectivity index (χ4v) is 4.70. The number of allylic oxidation sites excluding steroid dienone is 2. The van der Waals surface area contributed by atoms with E-state index in [2.05, 4.69) is 18.3 Å². The van der Waals surface area contributed by atoms with Gasteiger partial charge in [0.05, 0.1) is 0 Å². The highest BCUT2D eigenvalue weighted by Gasteiger charge is 2.56. The van der Waals surface area contributed by atoms with E-state index in [1.807, 2.05) is 34.6 Å². The summed E-state index contributed by atoms with van der Waals surface area (Å²) in [4.78, 5) is 23.5. The van der Waals surface area contributed by atoms with Gasteiger partial charge in [0.2, 0.25) is 0 Å². The predicted molar refractivity (Wildman–Crippen MR) is 97.1 cm³/mol. The second-order valence-electron chi connectivity index (χ2n) is 9.46. The van der Waals surface area contributed by atoms with E-state index in [4.69, 9.17) is 9.47 Å². The van der Waals surface area contributed by atoms with Crippen molar-refractivity contribution in [2.75, 3.05) is 6.54 Å². The molecule has 3 atom stereocenters. The number of amides is 1. The van der Waals surface area contributed by atoms with Crippen molar-refractivity contribution in [3.05, 3.63) is 11.6 Å². The van der Waals surface area contributed by atoms with Crippen molar-refractivity contribution in [1.29, 1.82) is 0 Å². The van der Waals surface area contributed by atoms with E-state index in [9.17, 15) is 9.59 Å². The molecule has 2 aliphatic carbocycles. The summed E-state index contributed by atoms with van der Waals surface area (Å²) < 4.78 is 10.9. The third-order valence-electron chi connectivity index (χ3n) is 5.11. The second kappa shape index (κ2) is 6.65. The van der Waals surface area contributed by atoms with E-state index in [0.717, 1.165) is 19.3 Å². The predicted octanol–water partition coefficient (Wildman–Crippen LogP) is 4.22. The molecule has 0 aromatic rings. The maximum atomic E-state index is 12.1. The average Bonchev–Trinajstić information content (AvgIpc) is 2.68. The summed E-state index contributed by atoms with van der Waals surface area (Å²) in [6.07, 6.45) is 4.84. The Morgan fingerprint density at radius 2 is 1.88 bits per heavy atom. The Hall–Kier alpha value is -1.52. The number of ether oxygens (including phenoxy) is 2. The monoisotopic (exact) mass is 351 g/mol. The quantitative estimate of drug-likeness (QED) is 0.595. The number of carbonyl (C=O) groups excluding carboxylic acids is 2. The first-order chi connectivity index (χ1) is 11.3. The number of nitrogens with one attached hydrogen (secondary N) is 1. The molecule has 25 heavy (non-hydrogen) atoms. The van der Waals surface area contributed by atoms with Crippen LogP contribution in [0.1, 0.15) is 67.7 Å². The van der Waals surface area contributed by atoms with Gasteiger partial charge < -0.3 is 14.8 Å². The molecule has 5 heteroatoms. The molecule has 2 aliphatic rings. The number of hydrogen-bond acceptors (Lipinski definition) is 4. The zero-order valence-electron chi connectivity index (χ0n) is 16.7. The zero-order valence-corrected chi connectivity index (χ0v) is 16.7. The summed E-state index contributed by atoms with van der Waals surface area (Å²) >= 11 is 0. The van der Waals surface area contributed by atoms with Crippen LogP contribution >= 0.6 is 0 Å². The molecule has 1 amide bonds. The van der Waals surface area contributed by atoms with Gasteiger partial charge in [-0.3, -0.25) is 4.79 Å². The van der Waals surface area contributed by atoms with Crippen LogP contribution in [0.4, 0.5) is 4.79 Å². The number of fused-ring (bicyclic) bond motifs is 1. The van der Waals surface area contributed by atoms with E-state index in [0.29, 0.717) is 18.4 Å². The highest BCUT2D eigenvalue weighted by Crippen LogP contribution is 2.61. The van der Waals surface area contributed by atoms with E-state index in [1.165, 1.54) is 12.5 Å². The fourth-order valence-electron chi connectivity index (χ4n) is 4.70. The normalized spacial score (nSPS) is 28.5. The molecule has 0 aromatic carbocycles. The van der Waals surface area contributed by atoms with Crippen molar-refractivity contribution >= 4 is 12.1 Å². The van der Waals surface area contributed by atoms with Gasteiger partial charge in [0, 0.05) is 13.5 Å². The van der Waals surface area contributed by atoms with Crippen molar-refractivity contribution in [2.24, 2.45) is 17.3 Å². The lowest BCUT2D eigenvalue weighted by atomic mass is 9.52. The molecular formula is C20H33NO4. The Morgan fingerprint density at radius 1 is 1.24 bits per heavy atom. The molecule has 0 spiro atoms. The highest BCUT2D eigenvalue weighted by atomic mass is 16.6. The van der Waals surface area contributed by atoms with Gasteiger partial charge in [-0.2, -0.15) is 0 Å². The van der Waals surface area contributed by atoms with Crippen molar-refractivity contribution in [1.82, 2.24) is 5.32 Å². The van der Waals surface area contributed by atoms with Gasteiger partial charge in [-0.15, -0.1) is 0 Å². The van der Waals surface area contributed by atoms with Crippen molar-refractivity contribution < 1.29 is 19.1 Å². The highest BCUT2D eigenvalue weighted by molar-refractivity contribution is 5.68. The van der Waals surface area contributed by atoms with Crippen molar-refractivity contribution in [3.8, 4) is 0 Å². The van der Waals surface area contributed by atoms with Crippen LogP contribution in [0.3, 0.4) is 0 Å². The van der Waals surface area contributed by atoms with Crippen LogP contribution in [0.5, 0.6) is 0 Å². The zero-order chi connectivity index (χ0) is 19.0. The number of esters is 1. The molecule has 2 rings (SSSR count). The molecule has 142 valence electrons. The average molecular weight is 351 g/mol.